The van der Waals surface area contributed by atoms with Gasteiger partial charge in [-0.3, -0.25) is 0 Å². The number of halogens is 1. The third-order valence-corrected chi connectivity index (χ3v) is 5.06. The van der Waals surface area contributed by atoms with Crippen LogP contribution in [0.1, 0.15) is 5.56 Å². The Bertz CT molecular complexity index is 1000. The van der Waals surface area contributed by atoms with Crippen molar-refractivity contribution < 1.29 is 13.2 Å². The first-order chi connectivity index (χ1) is 11.9. The third kappa shape index (κ3) is 3.86. The molecule has 2 aromatic carbocycles. The lowest BCUT2D eigenvalue weighted by molar-refractivity contribution is 0.414. The van der Waals surface area contributed by atoms with E-state index in [1.54, 1.807) is 19.2 Å². The molecule has 1 aromatic heterocycles. The smallest absolute Gasteiger partial charge is 0.238 e. The molecule has 0 amide bonds. The minimum atomic E-state index is -3.92. The van der Waals surface area contributed by atoms with Gasteiger partial charge in [0.05, 0.1) is 24.1 Å². The molecule has 0 saturated carbocycles. The topological polar surface area (TPSA) is 113 Å². The van der Waals surface area contributed by atoms with E-state index >= 15 is 0 Å². The van der Waals surface area contributed by atoms with Crippen LogP contribution in [0, 0.1) is 0 Å². The summed E-state index contributed by atoms with van der Waals surface area (Å²) in [5.41, 5.74) is 1.23. The van der Waals surface area contributed by atoms with E-state index in [1.807, 2.05) is 24.3 Å². The van der Waals surface area contributed by atoms with Gasteiger partial charge in [-0.2, -0.15) is 4.80 Å². The van der Waals surface area contributed by atoms with Crippen molar-refractivity contribution in [2.75, 3.05) is 7.11 Å². The average Bonchev–Trinajstić information content (AvgIpc) is 3.02. The van der Waals surface area contributed by atoms with Crippen molar-refractivity contribution in [1.82, 2.24) is 20.2 Å². The van der Waals surface area contributed by atoms with Gasteiger partial charge in [0.25, 0.3) is 0 Å². The number of nitrogens with zero attached hydrogens (tertiary/aromatic N) is 4. The number of hydrogen-bond donors (Lipinski definition) is 1. The molecule has 0 radical (unpaired) electrons. The van der Waals surface area contributed by atoms with Gasteiger partial charge in [-0.25, -0.2) is 13.6 Å². The lowest BCUT2D eigenvalue weighted by Gasteiger charge is -2.06. The largest absolute Gasteiger partial charge is 0.497 e. The molecular formula is C15H14BrN5O3S. The molecule has 0 aliphatic heterocycles. The summed E-state index contributed by atoms with van der Waals surface area (Å²) >= 11 is 3.32. The first-order valence-electron chi connectivity index (χ1n) is 7.11. The Hall–Kier alpha value is -2.30. The number of hydrogen-bond acceptors (Lipinski definition) is 6. The lowest BCUT2D eigenvalue weighted by atomic mass is 10.2. The van der Waals surface area contributed by atoms with Gasteiger partial charge in [-0.05, 0) is 51.0 Å². The molecule has 0 fully saturated rings. The molecule has 0 unspecified atom stereocenters. The molecule has 1 heterocycles. The number of benzene rings is 2. The van der Waals surface area contributed by atoms with Crippen molar-refractivity contribution in [3.8, 4) is 17.1 Å². The zero-order chi connectivity index (χ0) is 18.0. The van der Waals surface area contributed by atoms with Crippen molar-refractivity contribution in [3.63, 3.8) is 0 Å². The molecule has 0 aliphatic carbocycles. The summed E-state index contributed by atoms with van der Waals surface area (Å²) in [7, 11) is -2.32. The minimum Gasteiger partial charge on any atom is -0.497 e. The Balaban J connectivity index is 1.94. The van der Waals surface area contributed by atoms with Crippen LogP contribution in [0.15, 0.2) is 51.8 Å². The van der Waals surface area contributed by atoms with E-state index < -0.39 is 10.0 Å². The van der Waals surface area contributed by atoms with Gasteiger partial charge in [0.1, 0.15) is 5.75 Å². The molecule has 0 atom stereocenters. The highest BCUT2D eigenvalue weighted by Crippen LogP contribution is 2.31. The molecule has 0 aliphatic rings. The van der Waals surface area contributed by atoms with Crippen LogP contribution in [-0.2, 0) is 16.6 Å². The zero-order valence-corrected chi connectivity index (χ0v) is 15.5. The maximum absolute atomic E-state index is 11.8. The number of ether oxygens (including phenoxy) is 1. The number of primary sulfonamides is 1. The first kappa shape index (κ1) is 17.5. The standard InChI is InChI=1S/C15H14BrN5O3S/c1-24-11-7-5-10(6-8-11)9-21-19-15(18-20-21)14-12(16)3-2-4-13(14)25(17,22)23/h2-8H,9H2,1H3,(H2,17,22,23). The summed E-state index contributed by atoms with van der Waals surface area (Å²) in [5, 5.41) is 17.5. The maximum atomic E-state index is 11.8. The average molecular weight is 424 g/mol. The molecule has 25 heavy (non-hydrogen) atoms. The molecule has 130 valence electrons. The van der Waals surface area contributed by atoms with Gasteiger partial charge < -0.3 is 4.74 Å². The number of nitrogens with two attached hydrogens (primary N) is 1. The molecule has 0 saturated heterocycles. The van der Waals surface area contributed by atoms with E-state index in [-0.39, 0.29) is 16.3 Å². The van der Waals surface area contributed by atoms with Gasteiger partial charge in [0.15, 0.2) is 0 Å². The number of tetrazole rings is 1. The monoisotopic (exact) mass is 423 g/mol. The third-order valence-electron chi connectivity index (χ3n) is 3.44. The van der Waals surface area contributed by atoms with Gasteiger partial charge >= 0.3 is 0 Å². The van der Waals surface area contributed by atoms with Crippen molar-refractivity contribution in [3.05, 3.63) is 52.5 Å². The van der Waals surface area contributed by atoms with Crippen LogP contribution < -0.4 is 9.88 Å². The molecule has 3 rings (SSSR count). The van der Waals surface area contributed by atoms with Crippen molar-refractivity contribution >= 4 is 26.0 Å². The Morgan fingerprint density at radius 1 is 1.20 bits per heavy atom. The fraction of sp³-hybridized carbons (Fsp3) is 0.133. The lowest BCUT2D eigenvalue weighted by Crippen LogP contribution is -2.14. The molecule has 10 heteroatoms. The summed E-state index contributed by atoms with van der Waals surface area (Å²) in [6, 6.07) is 12.1. The number of aromatic nitrogens is 4. The van der Waals surface area contributed by atoms with E-state index in [0.29, 0.717) is 11.0 Å². The fourth-order valence-electron chi connectivity index (χ4n) is 2.26. The summed E-state index contributed by atoms with van der Waals surface area (Å²) < 4.78 is 29.2. The van der Waals surface area contributed by atoms with Crippen LogP contribution in [-0.4, -0.2) is 35.7 Å². The Kier molecular flexibility index (Phi) is 4.84. The van der Waals surface area contributed by atoms with Crippen LogP contribution in [0.2, 0.25) is 0 Å². The van der Waals surface area contributed by atoms with Crippen LogP contribution in [0.3, 0.4) is 0 Å². The number of sulfonamides is 1. The molecule has 8 nitrogen and oxygen atoms in total. The summed E-state index contributed by atoms with van der Waals surface area (Å²) in [6.45, 7) is 0.381. The van der Waals surface area contributed by atoms with E-state index in [4.69, 9.17) is 9.88 Å². The predicted octanol–water partition coefficient (Wildman–Crippen LogP) is 1.81. The van der Waals surface area contributed by atoms with Gasteiger partial charge in [-0.15, -0.1) is 10.2 Å². The van der Waals surface area contributed by atoms with Gasteiger partial charge in [-0.1, -0.05) is 18.2 Å². The normalized spacial score (nSPS) is 11.5. The highest BCUT2D eigenvalue weighted by Gasteiger charge is 2.21. The molecule has 2 N–H and O–H groups in total. The number of methoxy groups -OCH3 is 1. The van der Waals surface area contributed by atoms with Crippen molar-refractivity contribution in [1.29, 1.82) is 0 Å². The second-order valence-corrected chi connectivity index (χ2v) is 7.53. The zero-order valence-electron chi connectivity index (χ0n) is 13.1. The minimum absolute atomic E-state index is 0.0640. The van der Waals surface area contributed by atoms with Gasteiger partial charge in [0, 0.05) is 4.47 Å². The van der Waals surface area contributed by atoms with Crippen LogP contribution >= 0.6 is 15.9 Å². The van der Waals surface area contributed by atoms with E-state index in [2.05, 4.69) is 31.3 Å². The molecule has 3 aromatic rings. The summed E-state index contributed by atoms with van der Waals surface area (Å²) in [5.74, 6) is 0.923. The molecular weight excluding hydrogens is 410 g/mol. The predicted molar refractivity (Wildman–Crippen MR) is 94.4 cm³/mol. The Morgan fingerprint density at radius 2 is 1.92 bits per heavy atom. The number of rotatable bonds is 5. The summed E-state index contributed by atoms with van der Waals surface area (Å²) in [6.07, 6.45) is 0. The maximum Gasteiger partial charge on any atom is 0.238 e. The fourth-order valence-corrected chi connectivity index (χ4v) is 3.69. The van der Waals surface area contributed by atoms with Crippen LogP contribution in [0.4, 0.5) is 0 Å². The highest BCUT2D eigenvalue weighted by molar-refractivity contribution is 9.10. The van der Waals surface area contributed by atoms with Gasteiger partial charge in [0.2, 0.25) is 15.8 Å². The van der Waals surface area contributed by atoms with E-state index in [1.165, 1.54) is 10.9 Å². The second-order valence-electron chi connectivity index (χ2n) is 5.15. The Labute approximate surface area is 152 Å². The quantitative estimate of drug-likeness (QED) is 0.669. The SMILES string of the molecule is COc1ccc(Cn2nnc(-c3c(Br)cccc3S(N)(=O)=O)n2)cc1. The molecule has 0 spiro atoms. The van der Waals surface area contributed by atoms with E-state index in [0.717, 1.165) is 11.3 Å². The Morgan fingerprint density at radius 3 is 2.56 bits per heavy atom. The highest BCUT2D eigenvalue weighted by atomic mass is 79.9. The first-order valence-corrected chi connectivity index (χ1v) is 9.45. The van der Waals surface area contributed by atoms with E-state index in [9.17, 15) is 8.42 Å². The second kappa shape index (κ2) is 6.90. The summed E-state index contributed by atoms with van der Waals surface area (Å²) in [4.78, 5) is 1.31. The van der Waals surface area contributed by atoms with Crippen LogP contribution in [0.5, 0.6) is 5.75 Å². The van der Waals surface area contributed by atoms with Crippen LogP contribution in [0.25, 0.3) is 11.4 Å². The van der Waals surface area contributed by atoms with Crippen molar-refractivity contribution in [2.45, 2.75) is 11.4 Å². The van der Waals surface area contributed by atoms with Crippen molar-refractivity contribution in [2.24, 2.45) is 5.14 Å². The molecule has 0 bridgehead atoms.